The molecule has 2 N–H and O–H groups in total. The van der Waals surface area contributed by atoms with Gasteiger partial charge in [0.2, 0.25) is 10.0 Å². The van der Waals surface area contributed by atoms with Crippen LogP contribution in [-0.2, 0) is 10.0 Å². The molecular weight excluding hydrogens is 238 g/mol. The van der Waals surface area contributed by atoms with Gasteiger partial charge in [-0.2, -0.15) is 5.10 Å². The molecule has 0 atom stereocenters. The molecule has 17 heavy (non-hydrogen) atoms. The van der Waals surface area contributed by atoms with Crippen LogP contribution in [0.3, 0.4) is 0 Å². The summed E-state index contributed by atoms with van der Waals surface area (Å²) in [5.41, 5.74) is 0.163. The molecule has 6 heteroatoms. The minimum Gasteiger partial charge on any atom is -0.284 e. The predicted molar refractivity (Wildman–Crippen MR) is 65.0 cm³/mol. The molecule has 96 valence electrons. The summed E-state index contributed by atoms with van der Waals surface area (Å²) in [6.45, 7) is 2.68. The third kappa shape index (κ3) is 2.69. The van der Waals surface area contributed by atoms with E-state index in [0.717, 1.165) is 19.3 Å². The second-order valence-electron chi connectivity index (χ2n) is 4.82. The van der Waals surface area contributed by atoms with Gasteiger partial charge in [-0.15, -0.1) is 0 Å². The number of rotatable bonds is 5. The van der Waals surface area contributed by atoms with Gasteiger partial charge in [0.25, 0.3) is 0 Å². The van der Waals surface area contributed by atoms with Crippen LogP contribution >= 0.6 is 0 Å². The number of hydrogen-bond acceptors (Lipinski definition) is 3. The third-order valence-electron chi connectivity index (χ3n) is 3.83. The van der Waals surface area contributed by atoms with E-state index in [0.29, 0.717) is 6.54 Å². The Morgan fingerprint density at radius 1 is 1.47 bits per heavy atom. The number of nitrogens with one attached hydrogen (secondary N) is 2. The smallest absolute Gasteiger partial charge is 0.243 e. The largest absolute Gasteiger partial charge is 0.284 e. The summed E-state index contributed by atoms with van der Waals surface area (Å²) in [6, 6.07) is 0. The predicted octanol–water partition coefficient (Wildman–Crippen LogP) is 1.66. The van der Waals surface area contributed by atoms with E-state index in [9.17, 15) is 8.42 Å². The van der Waals surface area contributed by atoms with Gasteiger partial charge in [0.05, 0.1) is 6.20 Å². The fourth-order valence-electron chi connectivity index (χ4n) is 2.50. The van der Waals surface area contributed by atoms with Crippen molar-refractivity contribution in [3.05, 3.63) is 12.4 Å². The quantitative estimate of drug-likeness (QED) is 0.842. The van der Waals surface area contributed by atoms with Gasteiger partial charge in [-0.3, -0.25) is 5.10 Å². The highest BCUT2D eigenvalue weighted by atomic mass is 32.2. The number of sulfonamides is 1. The fraction of sp³-hybridized carbons (Fsp3) is 0.727. The maximum Gasteiger partial charge on any atom is 0.243 e. The Morgan fingerprint density at radius 2 is 2.18 bits per heavy atom. The summed E-state index contributed by atoms with van der Waals surface area (Å²) >= 11 is 0. The highest BCUT2D eigenvalue weighted by molar-refractivity contribution is 7.89. The van der Waals surface area contributed by atoms with E-state index < -0.39 is 10.0 Å². The Labute approximate surface area is 102 Å². The van der Waals surface area contributed by atoms with Gasteiger partial charge in [0, 0.05) is 12.7 Å². The molecule has 1 heterocycles. The van der Waals surface area contributed by atoms with Gasteiger partial charge in [-0.25, -0.2) is 13.1 Å². The van der Waals surface area contributed by atoms with Crippen molar-refractivity contribution in [3.8, 4) is 0 Å². The van der Waals surface area contributed by atoms with Gasteiger partial charge in [0.15, 0.2) is 0 Å². The minimum absolute atomic E-state index is 0.163. The van der Waals surface area contributed by atoms with Crippen LogP contribution in [-0.4, -0.2) is 25.2 Å². The molecule has 1 saturated carbocycles. The molecule has 5 nitrogen and oxygen atoms in total. The molecule has 0 aromatic carbocycles. The summed E-state index contributed by atoms with van der Waals surface area (Å²) < 4.78 is 26.6. The van der Waals surface area contributed by atoms with Crippen LogP contribution in [0.1, 0.15) is 39.0 Å². The molecule has 0 radical (unpaired) electrons. The van der Waals surface area contributed by atoms with E-state index >= 15 is 0 Å². The maximum atomic E-state index is 11.9. The SMILES string of the molecule is CCC1(CNS(=O)(=O)c2cn[nH]c2)CCCC1. The Bertz CT molecular complexity index is 447. The Hall–Kier alpha value is -0.880. The van der Waals surface area contributed by atoms with Crippen LogP contribution in [0.2, 0.25) is 0 Å². The molecule has 0 bridgehead atoms. The van der Waals surface area contributed by atoms with E-state index in [1.54, 1.807) is 0 Å². The first kappa shape index (κ1) is 12.6. The van der Waals surface area contributed by atoms with Gasteiger partial charge in [0.1, 0.15) is 4.90 Å². The number of hydrogen-bond donors (Lipinski definition) is 2. The van der Waals surface area contributed by atoms with Crippen LogP contribution in [0.15, 0.2) is 17.3 Å². The number of aromatic nitrogens is 2. The molecule has 1 aromatic heterocycles. The lowest BCUT2D eigenvalue weighted by atomic mass is 9.84. The molecule has 0 amide bonds. The van der Waals surface area contributed by atoms with E-state index in [4.69, 9.17) is 0 Å². The molecule has 0 aliphatic heterocycles. The average molecular weight is 257 g/mol. The molecule has 1 aromatic rings. The van der Waals surface area contributed by atoms with Crippen molar-refractivity contribution in [1.82, 2.24) is 14.9 Å². The lowest BCUT2D eigenvalue weighted by Crippen LogP contribution is -2.35. The standard InChI is InChI=1S/C11H19N3O2S/c1-2-11(5-3-4-6-11)9-14-17(15,16)10-7-12-13-8-10/h7-8,14H,2-6,9H2,1H3,(H,12,13). The number of H-pyrrole nitrogens is 1. The summed E-state index contributed by atoms with van der Waals surface area (Å²) in [4.78, 5) is 0.210. The monoisotopic (exact) mass is 257 g/mol. The van der Waals surface area contributed by atoms with Crippen molar-refractivity contribution in [2.45, 2.75) is 43.9 Å². The molecule has 2 rings (SSSR count). The first-order valence-electron chi connectivity index (χ1n) is 6.06. The van der Waals surface area contributed by atoms with Gasteiger partial charge >= 0.3 is 0 Å². The van der Waals surface area contributed by atoms with E-state index in [-0.39, 0.29) is 10.3 Å². The zero-order chi connectivity index (χ0) is 12.4. The molecular formula is C11H19N3O2S. The van der Waals surface area contributed by atoms with E-state index in [1.165, 1.54) is 25.2 Å². The molecule has 0 spiro atoms. The van der Waals surface area contributed by atoms with Gasteiger partial charge < -0.3 is 0 Å². The number of aromatic amines is 1. The van der Waals surface area contributed by atoms with Crippen LogP contribution in [0, 0.1) is 5.41 Å². The summed E-state index contributed by atoms with van der Waals surface area (Å²) in [5, 5.41) is 6.18. The molecule has 1 aliphatic carbocycles. The van der Waals surface area contributed by atoms with Crippen molar-refractivity contribution in [2.24, 2.45) is 5.41 Å². The summed E-state index contributed by atoms with van der Waals surface area (Å²) in [6.07, 6.45) is 8.42. The maximum absolute atomic E-state index is 11.9. The van der Waals surface area contributed by atoms with Crippen LogP contribution < -0.4 is 4.72 Å². The zero-order valence-electron chi connectivity index (χ0n) is 10.1. The Morgan fingerprint density at radius 3 is 2.71 bits per heavy atom. The lowest BCUT2D eigenvalue weighted by Gasteiger charge is -2.27. The second kappa shape index (κ2) is 4.78. The first-order valence-corrected chi connectivity index (χ1v) is 7.55. The topological polar surface area (TPSA) is 74.8 Å². The minimum atomic E-state index is -3.40. The van der Waals surface area contributed by atoms with Crippen molar-refractivity contribution >= 4 is 10.0 Å². The van der Waals surface area contributed by atoms with Crippen molar-refractivity contribution in [2.75, 3.05) is 6.54 Å². The molecule has 1 aliphatic rings. The third-order valence-corrected chi connectivity index (χ3v) is 5.20. The molecule has 1 fully saturated rings. The van der Waals surface area contributed by atoms with Crippen LogP contribution in [0.25, 0.3) is 0 Å². The highest BCUT2D eigenvalue weighted by Crippen LogP contribution is 2.40. The number of nitrogens with zero attached hydrogens (tertiary/aromatic N) is 1. The highest BCUT2D eigenvalue weighted by Gasteiger charge is 2.33. The van der Waals surface area contributed by atoms with Gasteiger partial charge in [-0.1, -0.05) is 19.8 Å². The van der Waals surface area contributed by atoms with Crippen LogP contribution in [0.4, 0.5) is 0 Å². The second-order valence-corrected chi connectivity index (χ2v) is 6.59. The fourth-order valence-corrected chi connectivity index (χ4v) is 3.56. The Balaban J connectivity index is 2.02. The zero-order valence-corrected chi connectivity index (χ0v) is 10.9. The summed E-state index contributed by atoms with van der Waals surface area (Å²) in [7, 11) is -3.40. The Kier molecular flexibility index (Phi) is 3.53. The average Bonchev–Trinajstić information content (AvgIpc) is 2.99. The molecule has 0 unspecified atom stereocenters. The lowest BCUT2D eigenvalue weighted by molar-refractivity contribution is 0.285. The first-order chi connectivity index (χ1) is 8.08. The molecule has 0 saturated heterocycles. The van der Waals surface area contributed by atoms with E-state index in [2.05, 4.69) is 21.8 Å². The normalized spacial score (nSPS) is 19.6. The van der Waals surface area contributed by atoms with Crippen LogP contribution in [0.5, 0.6) is 0 Å². The summed E-state index contributed by atoms with van der Waals surface area (Å²) in [5.74, 6) is 0. The van der Waals surface area contributed by atoms with Gasteiger partial charge in [-0.05, 0) is 24.7 Å². The van der Waals surface area contributed by atoms with Crippen molar-refractivity contribution in [3.63, 3.8) is 0 Å². The van der Waals surface area contributed by atoms with Crippen molar-refractivity contribution in [1.29, 1.82) is 0 Å². The van der Waals surface area contributed by atoms with E-state index in [1.807, 2.05) is 0 Å². The van der Waals surface area contributed by atoms with Crippen molar-refractivity contribution < 1.29 is 8.42 Å².